The van der Waals surface area contributed by atoms with E-state index in [0.717, 1.165) is 23.9 Å². The number of carbonyl (C=O) groups is 1. The summed E-state index contributed by atoms with van der Waals surface area (Å²) < 4.78 is 19.2. The standard InChI is InChI=1S/C21H28FN3O2S/c1-14-10-24(11-15(2)27-14)20-23-17(13-28-20)12-25(19(26)21(3,4)5)18-8-6-16(22)7-9-18/h6-9,13-15H,10-12H2,1-5H3. The first kappa shape index (κ1) is 20.7. The van der Waals surface area contributed by atoms with Gasteiger partial charge in [-0.15, -0.1) is 11.3 Å². The SMILES string of the molecule is CC1CN(c2nc(CN(C(=O)C(C)(C)C)c3ccc(F)cc3)cs2)CC(C)O1. The lowest BCUT2D eigenvalue weighted by molar-refractivity contribution is -0.125. The predicted octanol–water partition coefficient (Wildman–Crippen LogP) is 4.48. The molecule has 0 spiro atoms. The predicted molar refractivity (Wildman–Crippen MR) is 111 cm³/mol. The number of benzene rings is 1. The number of aromatic nitrogens is 1. The zero-order chi connectivity index (χ0) is 20.5. The van der Waals surface area contributed by atoms with Gasteiger partial charge in [0.25, 0.3) is 0 Å². The van der Waals surface area contributed by atoms with Crippen molar-refractivity contribution in [2.24, 2.45) is 5.41 Å². The number of hydrogen-bond acceptors (Lipinski definition) is 5. The molecular weight excluding hydrogens is 377 g/mol. The molecule has 2 heterocycles. The Morgan fingerprint density at radius 2 is 1.86 bits per heavy atom. The van der Waals surface area contributed by atoms with Gasteiger partial charge in [0.2, 0.25) is 5.91 Å². The fourth-order valence-corrected chi connectivity index (χ4v) is 4.15. The molecule has 5 nitrogen and oxygen atoms in total. The summed E-state index contributed by atoms with van der Waals surface area (Å²) in [7, 11) is 0. The highest BCUT2D eigenvalue weighted by molar-refractivity contribution is 7.13. The number of hydrogen-bond donors (Lipinski definition) is 0. The zero-order valence-corrected chi connectivity index (χ0v) is 17.9. The lowest BCUT2D eigenvalue weighted by atomic mass is 9.94. The topological polar surface area (TPSA) is 45.7 Å². The summed E-state index contributed by atoms with van der Waals surface area (Å²) in [6.07, 6.45) is 0.323. The molecule has 0 radical (unpaired) electrons. The second-order valence-electron chi connectivity index (χ2n) is 8.40. The Bertz CT molecular complexity index is 806. The van der Waals surface area contributed by atoms with Crippen molar-refractivity contribution in [1.82, 2.24) is 4.98 Å². The van der Waals surface area contributed by atoms with E-state index in [4.69, 9.17) is 9.72 Å². The van der Waals surface area contributed by atoms with Crippen LogP contribution >= 0.6 is 11.3 Å². The molecule has 0 N–H and O–H groups in total. The summed E-state index contributed by atoms with van der Waals surface area (Å²) in [4.78, 5) is 21.7. The maximum absolute atomic E-state index is 13.4. The van der Waals surface area contributed by atoms with E-state index in [-0.39, 0.29) is 23.9 Å². The van der Waals surface area contributed by atoms with Gasteiger partial charge in [0, 0.05) is 29.6 Å². The molecule has 1 fully saturated rings. The summed E-state index contributed by atoms with van der Waals surface area (Å²) >= 11 is 1.58. The average molecular weight is 406 g/mol. The van der Waals surface area contributed by atoms with Crippen LogP contribution in [-0.4, -0.2) is 36.2 Å². The van der Waals surface area contributed by atoms with Crippen molar-refractivity contribution in [3.05, 3.63) is 41.2 Å². The fourth-order valence-electron chi connectivity index (χ4n) is 3.32. The Morgan fingerprint density at radius 3 is 2.43 bits per heavy atom. The van der Waals surface area contributed by atoms with Gasteiger partial charge < -0.3 is 14.5 Å². The van der Waals surface area contributed by atoms with E-state index in [9.17, 15) is 9.18 Å². The Balaban J connectivity index is 1.82. The number of amides is 1. The second kappa shape index (κ2) is 8.17. The number of halogens is 1. The summed E-state index contributed by atoms with van der Waals surface area (Å²) in [5.74, 6) is -0.347. The van der Waals surface area contributed by atoms with E-state index in [1.54, 1.807) is 28.4 Å². The molecule has 1 aromatic heterocycles. The first-order chi connectivity index (χ1) is 13.1. The number of morpholine rings is 1. The molecule has 2 atom stereocenters. The third-order valence-electron chi connectivity index (χ3n) is 4.57. The highest BCUT2D eigenvalue weighted by atomic mass is 32.1. The summed E-state index contributed by atoms with van der Waals surface area (Å²) in [5, 5.41) is 2.94. The molecule has 0 aliphatic carbocycles. The van der Waals surface area contributed by atoms with Crippen LogP contribution in [0, 0.1) is 11.2 Å². The highest BCUT2D eigenvalue weighted by Crippen LogP contribution is 2.28. The molecule has 3 rings (SSSR count). The minimum atomic E-state index is -0.553. The number of ether oxygens (including phenoxy) is 1. The Hall–Kier alpha value is -1.99. The lowest BCUT2D eigenvalue weighted by Gasteiger charge is -2.35. The molecule has 28 heavy (non-hydrogen) atoms. The van der Waals surface area contributed by atoms with E-state index in [1.165, 1.54) is 12.1 Å². The molecule has 0 bridgehead atoms. The lowest BCUT2D eigenvalue weighted by Crippen LogP contribution is -2.45. The molecule has 1 amide bonds. The van der Waals surface area contributed by atoms with Crippen LogP contribution in [0.5, 0.6) is 0 Å². The monoisotopic (exact) mass is 405 g/mol. The van der Waals surface area contributed by atoms with Crippen LogP contribution in [0.2, 0.25) is 0 Å². The van der Waals surface area contributed by atoms with Crippen LogP contribution in [0.1, 0.15) is 40.3 Å². The number of thiazole rings is 1. The van der Waals surface area contributed by atoms with Crippen molar-refractivity contribution in [2.45, 2.75) is 53.4 Å². The fraction of sp³-hybridized carbons (Fsp3) is 0.524. The average Bonchev–Trinajstić information content (AvgIpc) is 3.07. The molecule has 152 valence electrons. The molecule has 2 unspecified atom stereocenters. The van der Waals surface area contributed by atoms with Crippen LogP contribution < -0.4 is 9.80 Å². The van der Waals surface area contributed by atoms with Crippen molar-refractivity contribution >= 4 is 28.1 Å². The number of carbonyl (C=O) groups excluding carboxylic acids is 1. The summed E-state index contributed by atoms with van der Waals surface area (Å²) in [5.41, 5.74) is 0.945. The number of anilines is 2. The third kappa shape index (κ3) is 4.89. The largest absolute Gasteiger partial charge is 0.372 e. The van der Waals surface area contributed by atoms with Gasteiger partial charge in [0.15, 0.2) is 5.13 Å². The maximum atomic E-state index is 13.4. The van der Waals surface area contributed by atoms with Crippen molar-refractivity contribution in [1.29, 1.82) is 0 Å². The molecule has 1 aliphatic rings. The molecule has 7 heteroatoms. The van der Waals surface area contributed by atoms with E-state index in [1.807, 2.05) is 26.2 Å². The minimum absolute atomic E-state index is 0.0257. The Kier molecular flexibility index (Phi) is 6.05. The summed E-state index contributed by atoms with van der Waals surface area (Å²) in [6.45, 7) is 11.7. The van der Waals surface area contributed by atoms with Gasteiger partial charge >= 0.3 is 0 Å². The molecule has 1 aliphatic heterocycles. The molecule has 0 saturated carbocycles. The molecular formula is C21H28FN3O2S. The van der Waals surface area contributed by atoms with Crippen LogP contribution in [-0.2, 0) is 16.1 Å². The van der Waals surface area contributed by atoms with E-state index in [0.29, 0.717) is 12.2 Å². The number of rotatable bonds is 4. The Labute approximate surface area is 170 Å². The van der Waals surface area contributed by atoms with Crippen molar-refractivity contribution in [3.63, 3.8) is 0 Å². The molecule has 1 saturated heterocycles. The normalized spacial score (nSPS) is 20.3. The van der Waals surface area contributed by atoms with Crippen LogP contribution in [0.25, 0.3) is 0 Å². The molecule has 1 aromatic carbocycles. The summed E-state index contributed by atoms with van der Waals surface area (Å²) in [6, 6.07) is 6.03. The van der Waals surface area contributed by atoms with Crippen LogP contribution in [0.15, 0.2) is 29.6 Å². The molecule has 2 aromatic rings. The maximum Gasteiger partial charge on any atom is 0.232 e. The van der Waals surface area contributed by atoms with Gasteiger partial charge in [-0.05, 0) is 38.1 Å². The van der Waals surface area contributed by atoms with Gasteiger partial charge in [-0.2, -0.15) is 0 Å². The highest BCUT2D eigenvalue weighted by Gasteiger charge is 2.30. The van der Waals surface area contributed by atoms with Crippen molar-refractivity contribution < 1.29 is 13.9 Å². The zero-order valence-electron chi connectivity index (χ0n) is 17.1. The van der Waals surface area contributed by atoms with Crippen LogP contribution in [0.3, 0.4) is 0 Å². The van der Waals surface area contributed by atoms with Crippen molar-refractivity contribution in [3.8, 4) is 0 Å². The van der Waals surface area contributed by atoms with E-state index < -0.39 is 5.41 Å². The van der Waals surface area contributed by atoms with Crippen molar-refractivity contribution in [2.75, 3.05) is 22.9 Å². The smallest absolute Gasteiger partial charge is 0.232 e. The van der Waals surface area contributed by atoms with Gasteiger partial charge in [-0.1, -0.05) is 20.8 Å². The van der Waals surface area contributed by atoms with Gasteiger partial charge in [0.05, 0.1) is 24.4 Å². The van der Waals surface area contributed by atoms with Gasteiger partial charge in [-0.3, -0.25) is 4.79 Å². The van der Waals surface area contributed by atoms with Gasteiger partial charge in [-0.25, -0.2) is 9.37 Å². The first-order valence-corrected chi connectivity index (χ1v) is 10.4. The third-order valence-corrected chi connectivity index (χ3v) is 5.53. The van der Waals surface area contributed by atoms with Gasteiger partial charge in [0.1, 0.15) is 5.82 Å². The van der Waals surface area contributed by atoms with Crippen LogP contribution in [0.4, 0.5) is 15.2 Å². The first-order valence-electron chi connectivity index (χ1n) is 9.56. The van der Waals surface area contributed by atoms with E-state index >= 15 is 0 Å². The second-order valence-corrected chi connectivity index (χ2v) is 9.24. The Morgan fingerprint density at radius 1 is 1.25 bits per heavy atom. The quantitative estimate of drug-likeness (QED) is 0.753. The minimum Gasteiger partial charge on any atom is -0.372 e. The number of nitrogens with zero attached hydrogens (tertiary/aromatic N) is 3. The van der Waals surface area contributed by atoms with E-state index in [2.05, 4.69) is 18.7 Å².